The van der Waals surface area contributed by atoms with Gasteiger partial charge in [0.25, 0.3) is 0 Å². The number of nitrogens with zero attached hydrogens (tertiary/aromatic N) is 1. The maximum atomic E-state index is 11.1. The minimum Gasteiger partial charge on any atom is -0.386 e. The zero-order valence-corrected chi connectivity index (χ0v) is 14.0. The van der Waals surface area contributed by atoms with Crippen molar-refractivity contribution in [3.05, 3.63) is 0 Å². The van der Waals surface area contributed by atoms with E-state index in [1.165, 1.54) is 0 Å². The number of hydrogen-bond donors (Lipinski definition) is 1. The topological polar surface area (TPSA) is 53.2 Å². The Kier molecular flexibility index (Phi) is 5.27. The molecule has 1 N–H and O–H groups in total. The van der Waals surface area contributed by atoms with E-state index < -0.39 is 11.0 Å². The molecule has 0 bridgehead atoms. The van der Waals surface area contributed by atoms with Gasteiger partial charge in [-0.1, -0.05) is 34.6 Å². The summed E-state index contributed by atoms with van der Waals surface area (Å²) >= 11 is 0. The minimum atomic E-state index is -1.06. The summed E-state index contributed by atoms with van der Waals surface area (Å²) in [5.74, 6) is 0.635. The van der Waals surface area contributed by atoms with E-state index in [4.69, 9.17) is 4.74 Å². The molecule has 0 aromatic carbocycles. The van der Waals surface area contributed by atoms with Crippen LogP contribution < -0.4 is 0 Å². The molecule has 1 unspecified atom stereocenters. The fraction of sp³-hybridized carbons (Fsp3) is 0.941. The SMILES string of the molecule is COCC(O)(C(C)C)C1(C#N)CCC(C(C)(C)C)CC1. The van der Waals surface area contributed by atoms with Gasteiger partial charge in [0.15, 0.2) is 0 Å². The largest absolute Gasteiger partial charge is 0.386 e. The molecule has 0 saturated heterocycles. The lowest BCUT2D eigenvalue weighted by molar-refractivity contribution is -0.149. The third-order valence-corrected chi connectivity index (χ3v) is 5.43. The zero-order valence-electron chi connectivity index (χ0n) is 14.0. The molecule has 0 radical (unpaired) electrons. The van der Waals surface area contributed by atoms with Gasteiger partial charge in [0, 0.05) is 7.11 Å². The summed E-state index contributed by atoms with van der Waals surface area (Å²) in [6, 6.07) is 2.47. The molecular formula is C17H31NO2. The van der Waals surface area contributed by atoms with Crippen molar-refractivity contribution in [2.45, 2.75) is 65.9 Å². The molecule has 1 fully saturated rings. The Hall–Kier alpha value is -0.590. The van der Waals surface area contributed by atoms with Gasteiger partial charge in [-0.25, -0.2) is 0 Å². The maximum Gasteiger partial charge on any atom is 0.109 e. The predicted molar refractivity (Wildman–Crippen MR) is 81.1 cm³/mol. The molecular weight excluding hydrogens is 250 g/mol. The van der Waals surface area contributed by atoms with Crippen molar-refractivity contribution < 1.29 is 9.84 Å². The summed E-state index contributed by atoms with van der Waals surface area (Å²) in [5.41, 5.74) is -1.45. The van der Waals surface area contributed by atoms with E-state index >= 15 is 0 Å². The number of hydrogen-bond acceptors (Lipinski definition) is 3. The second-order valence-corrected chi connectivity index (χ2v) is 7.85. The van der Waals surface area contributed by atoms with Gasteiger partial charge in [0.1, 0.15) is 5.60 Å². The molecule has 1 atom stereocenters. The molecule has 0 spiro atoms. The van der Waals surface area contributed by atoms with Crippen LogP contribution in [0, 0.1) is 34.0 Å². The lowest BCUT2D eigenvalue weighted by Crippen LogP contribution is -2.56. The maximum absolute atomic E-state index is 11.1. The highest BCUT2D eigenvalue weighted by Gasteiger charge is 2.54. The Morgan fingerprint density at radius 2 is 1.80 bits per heavy atom. The second kappa shape index (κ2) is 6.03. The van der Waals surface area contributed by atoms with E-state index in [2.05, 4.69) is 26.8 Å². The van der Waals surface area contributed by atoms with Crippen LogP contribution in [0.2, 0.25) is 0 Å². The highest BCUT2D eigenvalue weighted by molar-refractivity contribution is 5.14. The summed E-state index contributed by atoms with van der Waals surface area (Å²) in [5, 5.41) is 20.9. The quantitative estimate of drug-likeness (QED) is 0.853. The number of methoxy groups -OCH3 is 1. The van der Waals surface area contributed by atoms with Crippen molar-refractivity contribution >= 4 is 0 Å². The lowest BCUT2D eigenvalue weighted by atomic mass is 9.56. The van der Waals surface area contributed by atoms with Gasteiger partial charge in [-0.05, 0) is 42.9 Å². The second-order valence-electron chi connectivity index (χ2n) is 7.85. The molecule has 20 heavy (non-hydrogen) atoms. The van der Waals surface area contributed by atoms with Crippen molar-refractivity contribution in [3.8, 4) is 6.07 Å². The highest BCUT2D eigenvalue weighted by atomic mass is 16.5. The fourth-order valence-corrected chi connectivity index (χ4v) is 3.70. The van der Waals surface area contributed by atoms with Crippen LogP contribution in [0.1, 0.15) is 60.3 Å². The molecule has 1 rings (SSSR count). The first-order chi connectivity index (χ1) is 9.13. The molecule has 1 aliphatic carbocycles. The first kappa shape index (κ1) is 17.5. The first-order valence-electron chi connectivity index (χ1n) is 7.75. The normalized spacial score (nSPS) is 30.9. The van der Waals surface area contributed by atoms with Crippen LogP contribution in [-0.4, -0.2) is 24.4 Å². The molecule has 1 aliphatic rings. The third-order valence-electron chi connectivity index (χ3n) is 5.43. The molecule has 0 aromatic rings. The number of nitriles is 1. The van der Waals surface area contributed by atoms with Gasteiger partial charge in [-0.15, -0.1) is 0 Å². The van der Waals surface area contributed by atoms with Crippen molar-refractivity contribution in [1.29, 1.82) is 5.26 Å². The molecule has 116 valence electrons. The van der Waals surface area contributed by atoms with E-state index in [9.17, 15) is 10.4 Å². The molecule has 0 aromatic heterocycles. The predicted octanol–water partition coefficient (Wildman–Crippen LogP) is 3.77. The molecule has 3 heteroatoms. The first-order valence-corrected chi connectivity index (χ1v) is 7.75. The Labute approximate surface area is 124 Å². The van der Waals surface area contributed by atoms with E-state index in [-0.39, 0.29) is 17.9 Å². The summed E-state index contributed by atoms with van der Waals surface area (Å²) in [4.78, 5) is 0. The number of rotatable bonds is 4. The van der Waals surface area contributed by atoms with Crippen LogP contribution in [0.5, 0.6) is 0 Å². The summed E-state index contributed by atoms with van der Waals surface area (Å²) < 4.78 is 5.24. The van der Waals surface area contributed by atoms with Crippen molar-refractivity contribution in [2.24, 2.45) is 22.7 Å². The van der Waals surface area contributed by atoms with Crippen LogP contribution in [0.25, 0.3) is 0 Å². The van der Waals surface area contributed by atoms with Crippen molar-refractivity contribution in [3.63, 3.8) is 0 Å². The van der Waals surface area contributed by atoms with Gasteiger partial charge in [0.05, 0.1) is 18.1 Å². The Morgan fingerprint density at radius 1 is 1.30 bits per heavy atom. The minimum absolute atomic E-state index is 0.00767. The van der Waals surface area contributed by atoms with Crippen LogP contribution in [0.4, 0.5) is 0 Å². The Morgan fingerprint density at radius 3 is 2.10 bits per heavy atom. The number of aliphatic hydroxyl groups is 1. The molecule has 0 amide bonds. The van der Waals surface area contributed by atoms with Gasteiger partial charge < -0.3 is 9.84 Å². The summed E-state index contributed by atoms with van der Waals surface area (Å²) in [6.07, 6.45) is 3.55. The van der Waals surface area contributed by atoms with Crippen LogP contribution in [0.3, 0.4) is 0 Å². The van der Waals surface area contributed by atoms with Crippen LogP contribution in [-0.2, 0) is 4.74 Å². The molecule has 1 saturated carbocycles. The Bertz CT molecular complexity index is 356. The fourth-order valence-electron chi connectivity index (χ4n) is 3.70. The van der Waals surface area contributed by atoms with Crippen LogP contribution in [0.15, 0.2) is 0 Å². The smallest absolute Gasteiger partial charge is 0.109 e. The molecule has 3 nitrogen and oxygen atoms in total. The van der Waals surface area contributed by atoms with E-state index in [1.807, 2.05) is 13.8 Å². The van der Waals surface area contributed by atoms with E-state index in [0.717, 1.165) is 25.7 Å². The van der Waals surface area contributed by atoms with Gasteiger partial charge >= 0.3 is 0 Å². The zero-order chi connectivity index (χ0) is 15.6. The number of ether oxygens (including phenoxy) is 1. The highest BCUT2D eigenvalue weighted by Crippen LogP contribution is 2.52. The van der Waals surface area contributed by atoms with Crippen molar-refractivity contribution in [1.82, 2.24) is 0 Å². The summed E-state index contributed by atoms with van der Waals surface area (Å²) in [7, 11) is 1.60. The molecule has 0 heterocycles. The Balaban J connectivity index is 2.99. The van der Waals surface area contributed by atoms with Gasteiger partial charge in [-0.3, -0.25) is 0 Å². The van der Waals surface area contributed by atoms with Crippen molar-refractivity contribution in [2.75, 3.05) is 13.7 Å². The van der Waals surface area contributed by atoms with Crippen LogP contribution >= 0.6 is 0 Å². The summed E-state index contributed by atoms with van der Waals surface area (Å²) in [6.45, 7) is 11.0. The van der Waals surface area contributed by atoms with Gasteiger partial charge in [0.2, 0.25) is 0 Å². The average Bonchev–Trinajstić information content (AvgIpc) is 2.37. The lowest BCUT2D eigenvalue weighted by Gasteiger charge is -2.50. The van der Waals surface area contributed by atoms with Gasteiger partial charge in [-0.2, -0.15) is 5.26 Å². The molecule has 0 aliphatic heterocycles. The average molecular weight is 281 g/mol. The van der Waals surface area contributed by atoms with E-state index in [1.54, 1.807) is 7.11 Å². The van der Waals surface area contributed by atoms with E-state index in [0.29, 0.717) is 5.92 Å². The monoisotopic (exact) mass is 281 g/mol. The third kappa shape index (κ3) is 3.02. The standard InChI is InChI=1S/C17H31NO2/c1-13(2)17(19,12-20-6)16(11-18)9-7-14(8-10-16)15(3,4)5/h13-14,19H,7-10,12H2,1-6H3.